The van der Waals surface area contributed by atoms with Gasteiger partial charge in [0.2, 0.25) is 0 Å². The van der Waals surface area contributed by atoms with Gasteiger partial charge in [0.25, 0.3) is 5.91 Å². The van der Waals surface area contributed by atoms with E-state index in [-0.39, 0.29) is 19.1 Å². The summed E-state index contributed by atoms with van der Waals surface area (Å²) in [6, 6.07) is 6.56. The summed E-state index contributed by atoms with van der Waals surface area (Å²) in [6.45, 7) is 5.39. The monoisotopic (exact) mass is 248 g/mol. The molecule has 3 N–H and O–H groups in total. The molecule has 0 aliphatic carbocycles. The number of nitrogens with two attached hydrogens (primary N) is 1. The number of ether oxygens (including phenoxy) is 1. The molecule has 0 saturated carbocycles. The quantitative estimate of drug-likeness (QED) is 0.354. The normalized spacial score (nSPS) is 9.61. The number of nitrogens with one attached hydrogen (secondary N) is 1. The average Bonchev–Trinajstić information content (AvgIpc) is 2.34. The first-order valence-electron chi connectivity index (χ1n) is 5.47. The summed E-state index contributed by atoms with van der Waals surface area (Å²) in [7, 11) is 0. The van der Waals surface area contributed by atoms with Crippen LogP contribution in [0.15, 0.2) is 36.4 Å². The molecule has 5 heteroatoms. The van der Waals surface area contributed by atoms with E-state index in [1.807, 2.05) is 0 Å². The molecule has 0 atom stereocenters. The van der Waals surface area contributed by atoms with Gasteiger partial charge in [-0.25, -0.2) is 4.79 Å². The number of hydrogen-bond acceptors (Lipinski definition) is 4. The van der Waals surface area contributed by atoms with Gasteiger partial charge >= 0.3 is 5.97 Å². The van der Waals surface area contributed by atoms with Crippen LogP contribution in [0.4, 0.5) is 5.69 Å². The number of hydrogen-bond donors (Lipinski definition) is 2. The van der Waals surface area contributed by atoms with Gasteiger partial charge in [0, 0.05) is 16.8 Å². The summed E-state index contributed by atoms with van der Waals surface area (Å²) >= 11 is 0. The van der Waals surface area contributed by atoms with Crippen molar-refractivity contribution < 1.29 is 14.3 Å². The van der Waals surface area contributed by atoms with Crippen molar-refractivity contribution in [2.24, 2.45) is 0 Å². The molecule has 5 nitrogen and oxygen atoms in total. The molecule has 0 aromatic heterocycles. The maximum Gasteiger partial charge on any atom is 0.333 e. The van der Waals surface area contributed by atoms with Gasteiger partial charge in [0.05, 0.1) is 6.54 Å². The Labute approximate surface area is 106 Å². The molecule has 1 rings (SSSR count). The van der Waals surface area contributed by atoms with Gasteiger partial charge < -0.3 is 15.8 Å². The van der Waals surface area contributed by atoms with Crippen LogP contribution in [0.2, 0.25) is 0 Å². The van der Waals surface area contributed by atoms with Crippen molar-refractivity contribution in [3.05, 3.63) is 42.0 Å². The first-order chi connectivity index (χ1) is 8.50. The van der Waals surface area contributed by atoms with Crippen molar-refractivity contribution in [2.75, 3.05) is 18.9 Å². The Morgan fingerprint density at radius 2 is 1.94 bits per heavy atom. The molecule has 0 heterocycles. The molecule has 0 fully saturated rings. The van der Waals surface area contributed by atoms with Crippen LogP contribution in [-0.4, -0.2) is 25.0 Å². The molecule has 0 unspecified atom stereocenters. The van der Waals surface area contributed by atoms with E-state index in [1.54, 1.807) is 31.2 Å². The minimum atomic E-state index is -0.461. The predicted molar refractivity (Wildman–Crippen MR) is 69.0 cm³/mol. The minimum absolute atomic E-state index is 0.117. The summed E-state index contributed by atoms with van der Waals surface area (Å²) in [4.78, 5) is 22.7. The van der Waals surface area contributed by atoms with Gasteiger partial charge in [0.1, 0.15) is 6.61 Å². The number of carbonyl (C=O) groups is 2. The maximum atomic E-state index is 11.6. The van der Waals surface area contributed by atoms with Gasteiger partial charge in [-0.15, -0.1) is 0 Å². The molecule has 0 aliphatic rings. The van der Waals surface area contributed by atoms with Gasteiger partial charge in [-0.3, -0.25) is 4.79 Å². The van der Waals surface area contributed by atoms with Crippen molar-refractivity contribution >= 4 is 17.6 Å². The molecule has 18 heavy (non-hydrogen) atoms. The second-order valence-electron chi connectivity index (χ2n) is 3.79. The van der Waals surface area contributed by atoms with E-state index >= 15 is 0 Å². The first-order valence-corrected chi connectivity index (χ1v) is 5.47. The van der Waals surface area contributed by atoms with E-state index in [0.717, 1.165) is 0 Å². The first kappa shape index (κ1) is 13.8. The fourth-order valence-electron chi connectivity index (χ4n) is 1.17. The lowest BCUT2D eigenvalue weighted by molar-refractivity contribution is -0.138. The predicted octanol–water partition coefficient (Wildman–Crippen LogP) is 1.12. The van der Waals surface area contributed by atoms with Crippen LogP contribution >= 0.6 is 0 Å². The molecule has 0 bridgehead atoms. The van der Waals surface area contributed by atoms with Crippen molar-refractivity contribution in [2.45, 2.75) is 6.92 Å². The second kappa shape index (κ2) is 6.44. The molecule has 0 saturated heterocycles. The zero-order valence-corrected chi connectivity index (χ0v) is 10.2. The summed E-state index contributed by atoms with van der Waals surface area (Å²) in [5.41, 5.74) is 6.95. The van der Waals surface area contributed by atoms with Gasteiger partial charge in [-0.1, -0.05) is 6.58 Å². The Morgan fingerprint density at radius 1 is 1.33 bits per heavy atom. The Morgan fingerprint density at radius 3 is 2.50 bits per heavy atom. The van der Waals surface area contributed by atoms with Crippen molar-refractivity contribution in [3.8, 4) is 0 Å². The van der Waals surface area contributed by atoms with Crippen LogP contribution < -0.4 is 11.1 Å². The highest BCUT2D eigenvalue weighted by Gasteiger charge is 2.05. The van der Waals surface area contributed by atoms with E-state index in [4.69, 9.17) is 10.5 Å². The third-order valence-corrected chi connectivity index (χ3v) is 2.14. The highest BCUT2D eigenvalue weighted by atomic mass is 16.5. The highest BCUT2D eigenvalue weighted by molar-refractivity contribution is 5.94. The van der Waals surface area contributed by atoms with Crippen molar-refractivity contribution in [3.63, 3.8) is 0 Å². The number of esters is 1. The summed E-state index contributed by atoms with van der Waals surface area (Å²) in [5.74, 6) is -0.696. The standard InChI is InChI=1S/C13H16N2O3/c1-9(2)13(17)18-8-7-15-12(16)10-3-5-11(14)6-4-10/h3-6H,1,7-8,14H2,2H3,(H,15,16). The molecule has 1 amide bonds. The van der Waals surface area contributed by atoms with E-state index in [1.165, 1.54) is 0 Å². The van der Waals surface area contributed by atoms with Crippen molar-refractivity contribution in [1.29, 1.82) is 0 Å². The van der Waals surface area contributed by atoms with Gasteiger partial charge in [-0.2, -0.15) is 0 Å². The van der Waals surface area contributed by atoms with Gasteiger partial charge in [-0.05, 0) is 31.2 Å². The number of carbonyl (C=O) groups excluding carboxylic acids is 2. The van der Waals surface area contributed by atoms with Crippen LogP contribution in [0.25, 0.3) is 0 Å². The van der Waals surface area contributed by atoms with E-state index in [0.29, 0.717) is 16.8 Å². The van der Waals surface area contributed by atoms with Crippen LogP contribution in [0.1, 0.15) is 17.3 Å². The minimum Gasteiger partial charge on any atom is -0.460 e. The highest BCUT2D eigenvalue weighted by Crippen LogP contribution is 2.04. The third-order valence-electron chi connectivity index (χ3n) is 2.14. The number of benzene rings is 1. The number of nitrogen functional groups attached to an aromatic ring is 1. The molecule has 1 aromatic rings. The molecule has 0 radical (unpaired) electrons. The SMILES string of the molecule is C=C(C)C(=O)OCCNC(=O)c1ccc(N)cc1. The largest absolute Gasteiger partial charge is 0.460 e. The molecular weight excluding hydrogens is 232 g/mol. The number of rotatable bonds is 5. The lowest BCUT2D eigenvalue weighted by Gasteiger charge is -2.06. The zero-order chi connectivity index (χ0) is 13.5. The molecule has 0 spiro atoms. The fraction of sp³-hybridized carbons (Fsp3) is 0.231. The Kier molecular flexibility index (Phi) is 4.92. The number of anilines is 1. The van der Waals surface area contributed by atoms with Crippen molar-refractivity contribution in [1.82, 2.24) is 5.32 Å². The lowest BCUT2D eigenvalue weighted by atomic mass is 10.2. The van der Waals surface area contributed by atoms with E-state index in [2.05, 4.69) is 11.9 Å². The molecular formula is C13H16N2O3. The Hall–Kier alpha value is -2.30. The second-order valence-corrected chi connectivity index (χ2v) is 3.79. The lowest BCUT2D eigenvalue weighted by Crippen LogP contribution is -2.28. The van der Waals surface area contributed by atoms with E-state index in [9.17, 15) is 9.59 Å². The summed E-state index contributed by atoms with van der Waals surface area (Å²) in [5, 5.41) is 2.63. The van der Waals surface area contributed by atoms with Crippen LogP contribution in [0.5, 0.6) is 0 Å². The number of amides is 1. The summed E-state index contributed by atoms with van der Waals surface area (Å²) < 4.78 is 4.84. The fourth-order valence-corrected chi connectivity index (χ4v) is 1.17. The molecule has 1 aromatic carbocycles. The van der Waals surface area contributed by atoms with Crippen LogP contribution in [0.3, 0.4) is 0 Å². The summed E-state index contributed by atoms with van der Waals surface area (Å²) in [6.07, 6.45) is 0. The smallest absolute Gasteiger partial charge is 0.333 e. The average molecular weight is 248 g/mol. The Bertz CT molecular complexity index is 452. The topological polar surface area (TPSA) is 81.4 Å². The zero-order valence-electron chi connectivity index (χ0n) is 10.2. The van der Waals surface area contributed by atoms with Crippen LogP contribution in [-0.2, 0) is 9.53 Å². The van der Waals surface area contributed by atoms with Crippen LogP contribution in [0, 0.1) is 0 Å². The Balaban J connectivity index is 2.32. The van der Waals surface area contributed by atoms with E-state index < -0.39 is 5.97 Å². The maximum absolute atomic E-state index is 11.6. The van der Waals surface area contributed by atoms with Gasteiger partial charge in [0.15, 0.2) is 0 Å². The molecule has 96 valence electrons. The molecule has 0 aliphatic heterocycles. The third kappa shape index (κ3) is 4.29.